The fraction of sp³-hybridized carbons (Fsp3) is 0.133. The van der Waals surface area contributed by atoms with Gasteiger partial charge in [0.15, 0.2) is 0 Å². The van der Waals surface area contributed by atoms with Crippen molar-refractivity contribution in [1.82, 2.24) is 0 Å². The van der Waals surface area contributed by atoms with Crippen LogP contribution in [0.25, 0.3) is 0 Å². The van der Waals surface area contributed by atoms with Gasteiger partial charge in [-0.1, -0.05) is 24.3 Å². The van der Waals surface area contributed by atoms with Crippen LogP contribution in [0.5, 0.6) is 0 Å². The molecule has 0 aliphatic heterocycles. The monoisotopic (exact) mass is 295 g/mol. The minimum atomic E-state index is -4.33. The molecular formula is C15H12F3NS. The van der Waals surface area contributed by atoms with Crippen LogP contribution in [0.3, 0.4) is 0 Å². The summed E-state index contributed by atoms with van der Waals surface area (Å²) in [7, 11) is 0. The summed E-state index contributed by atoms with van der Waals surface area (Å²) in [6.07, 6.45) is -0.954. The molecule has 104 valence electrons. The molecular weight excluding hydrogens is 283 g/mol. The number of alkyl halides is 3. The lowest BCUT2D eigenvalue weighted by Gasteiger charge is -2.06. The third kappa shape index (κ3) is 3.63. The van der Waals surface area contributed by atoms with Gasteiger partial charge in [-0.3, -0.25) is 4.99 Å². The Morgan fingerprint density at radius 1 is 1.05 bits per heavy atom. The summed E-state index contributed by atoms with van der Waals surface area (Å²) in [5, 5.41) is 0. The first-order chi connectivity index (χ1) is 9.50. The van der Waals surface area contributed by atoms with E-state index in [1.54, 1.807) is 17.8 Å². The molecule has 0 heterocycles. The van der Waals surface area contributed by atoms with Crippen LogP contribution in [-0.2, 0) is 6.18 Å². The first kappa shape index (κ1) is 14.7. The van der Waals surface area contributed by atoms with E-state index >= 15 is 0 Å². The molecule has 2 rings (SSSR count). The molecule has 0 fully saturated rings. The second-order valence-electron chi connectivity index (χ2n) is 4.05. The van der Waals surface area contributed by atoms with Crippen LogP contribution in [-0.4, -0.2) is 12.5 Å². The highest BCUT2D eigenvalue weighted by Gasteiger charge is 2.30. The average Bonchev–Trinajstić information content (AvgIpc) is 2.45. The number of nitrogens with zero attached hydrogens (tertiary/aromatic N) is 1. The molecule has 0 saturated heterocycles. The molecule has 0 N–H and O–H groups in total. The zero-order chi connectivity index (χ0) is 14.6. The highest BCUT2D eigenvalue weighted by Crippen LogP contribution is 2.30. The molecule has 0 atom stereocenters. The van der Waals surface area contributed by atoms with Gasteiger partial charge in [-0.2, -0.15) is 13.2 Å². The Bertz CT molecular complexity index is 621. The molecule has 5 heteroatoms. The number of rotatable bonds is 3. The fourth-order valence-electron chi connectivity index (χ4n) is 1.68. The van der Waals surface area contributed by atoms with Crippen LogP contribution in [0.4, 0.5) is 18.9 Å². The molecule has 0 unspecified atom stereocenters. The Balaban J connectivity index is 2.28. The Morgan fingerprint density at radius 3 is 2.50 bits per heavy atom. The van der Waals surface area contributed by atoms with Crippen LogP contribution in [0.2, 0.25) is 0 Å². The van der Waals surface area contributed by atoms with Crippen LogP contribution in [0.1, 0.15) is 11.1 Å². The molecule has 0 amide bonds. The highest BCUT2D eigenvalue weighted by atomic mass is 32.2. The summed E-state index contributed by atoms with van der Waals surface area (Å²) in [5.74, 6) is 0. The van der Waals surface area contributed by atoms with E-state index in [0.717, 1.165) is 22.7 Å². The maximum Gasteiger partial charge on any atom is 0.416 e. The van der Waals surface area contributed by atoms with Crippen molar-refractivity contribution >= 4 is 23.7 Å². The number of thioether (sulfide) groups is 1. The van der Waals surface area contributed by atoms with Gasteiger partial charge in [0.25, 0.3) is 0 Å². The minimum absolute atomic E-state index is 0.427. The molecule has 0 aliphatic rings. The smallest absolute Gasteiger partial charge is 0.255 e. The van der Waals surface area contributed by atoms with Crippen molar-refractivity contribution in [1.29, 1.82) is 0 Å². The summed E-state index contributed by atoms with van der Waals surface area (Å²) >= 11 is 1.54. The largest absolute Gasteiger partial charge is 0.416 e. The predicted octanol–water partition coefficient (Wildman–Crippen LogP) is 5.18. The lowest BCUT2D eigenvalue weighted by molar-refractivity contribution is -0.137. The van der Waals surface area contributed by atoms with E-state index in [1.807, 2.05) is 30.5 Å². The van der Waals surface area contributed by atoms with Crippen molar-refractivity contribution in [3.63, 3.8) is 0 Å². The summed E-state index contributed by atoms with van der Waals surface area (Å²) in [4.78, 5) is 5.24. The van der Waals surface area contributed by atoms with Gasteiger partial charge in [-0.15, -0.1) is 11.8 Å². The molecule has 0 saturated carbocycles. The fourth-order valence-corrected chi connectivity index (χ4v) is 2.22. The zero-order valence-electron chi connectivity index (χ0n) is 10.7. The number of aliphatic imine (C=N–C) groups is 1. The third-order valence-electron chi connectivity index (χ3n) is 2.65. The molecule has 2 aromatic carbocycles. The quantitative estimate of drug-likeness (QED) is 0.561. The van der Waals surface area contributed by atoms with Gasteiger partial charge in [0.2, 0.25) is 0 Å². The molecule has 2 aromatic rings. The maximum absolute atomic E-state index is 12.6. The third-order valence-corrected chi connectivity index (χ3v) is 3.44. The van der Waals surface area contributed by atoms with E-state index in [4.69, 9.17) is 0 Å². The van der Waals surface area contributed by atoms with E-state index in [9.17, 15) is 13.2 Å². The van der Waals surface area contributed by atoms with Crippen molar-refractivity contribution in [2.24, 2.45) is 4.99 Å². The van der Waals surface area contributed by atoms with Gasteiger partial charge in [0.05, 0.1) is 11.3 Å². The van der Waals surface area contributed by atoms with Crippen LogP contribution >= 0.6 is 11.8 Å². The zero-order valence-corrected chi connectivity index (χ0v) is 11.5. The topological polar surface area (TPSA) is 12.4 Å². The van der Waals surface area contributed by atoms with E-state index < -0.39 is 11.7 Å². The highest BCUT2D eigenvalue weighted by molar-refractivity contribution is 7.98. The van der Waals surface area contributed by atoms with Gasteiger partial charge in [0.1, 0.15) is 0 Å². The number of benzene rings is 2. The van der Waals surface area contributed by atoms with Crippen molar-refractivity contribution in [3.05, 3.63) is 59.7 Å². The number of hydrogen-bond acceptors (Lipinski definition) is 2. The summed E-state index contributed by atoms with van der Waals surface area (Å²) in [6.45, 7) is 0. The summed E-state index contributed by atoms with van der Waals surface area (Å²) in [5.41, 5.74) is 0.507. The summed E-state index contributed by atoms with van der Waals surface area (Å²) in [6, 6.07) is 12.6. The maximum atomic E-state index is 12.6. The van der Waals surface area contributed by atoms with Crippen LogP contribution < -0.4 is 0 Å². The minimum Gasteiger partial charge on any atom is -0.255 e. The first-order valence-electron chi connectivity index (χ1n) is 5.85. The lowest BCUT2D eigenvalue weighted by atomic mass is 10.1. The average molecular weight is 295 g/mol. The van der Waals surface area contributed by atoms with Gasteiger partial charge in [-0.05, 0) is 36.1 Å². The Hall–Kier alpha value is -1.75. The van der Waals surface area contributed by atoms with Crippen molar-refractivity contribution in [2.75, 3.05) is 6.26 Å². The first-order valence-corrected chi connectivity index (χ1v) is 7.07. The number of para-hydroxylation sites is 1. The molecule has 20 heavy (non-hydrogen) atoms. The Labute approximate surface area is 119 Å². The SMILES string of the molecule is CSc1ccccc1/N=C/c1cccc(C(F)(F)F)c1. The molecule has 0 bridgehead atoms. The van der Waals surface area contributed by atoms with Gasteiger partial charge < -0.3 is 0 Å². The Morgan fingerprint density at radius 2 is 1.80 bits per heavy atom. The molecule has 1 nitrogen and oxygen atoms in total. The van der Waals surface area contributed by atoms with Crippen molar-refractivity contribution < 1.29 is 13.2 Å². The second-order valence-corrected chi connectivity index (χ2v) is 4.90. The lowest BCUT2D eigenvalue weighted by Crippen LogP contribution is -2.04. The predicted molar refractivity (Wildman–Crippen MR) is 76.9 cm³/mol. The number of hydrogen-bond donors (Lipinski definition) is 0. The van der Waals surface area contributed by atoms with E-state index in [0.29, 0.717) is 5.56 Å². The molecule has 0 radical (unpaired) electrons. The van der Waals surface area contributed by atoms with E-state index in [-0.39, 0.29) is 0 Å². The van der Waals surface area contributed by atoms with Gasteiger partial charge in [0, 0.05) is 11.1 Å². The van der Waals surface area contributed by atoms with E-state index in [1.165, 1.54) is 12.3 Å². The summed E-state index contributed by atoms with van der Waals surface area (Å²) < 4.78 is 37.8. The van der Waals surface area contributed by atoms with Gasteiger partial charge in [-0.25, -0.2) is 0 Å². The van der Waals surface area contributed by atoms with Crippen molar-refractivity contribution in [2.45, 2.75) is 11.1 Å². The Kier molecular flexibility index (Phi) is 4.49. The normalized spacial score (nSPS) is 12.0. The number of halogens is 3. The molecule has 0 spiro atoms. The standard InChI is InChI=1S/C15H12F3NS/c1-20-14-8-3-2-7-13(14)19-10-11-5-4-6-12(9-11)15(16,17)18/h2-10H,1H3/b19-10+. The van der Waals surface area contributed by atoms with Crippen molar-refractivity contribution in [3.8, 4) is 0 Å². The second kappa shape index (κ2) is 6.13. The molecule has 0 aliphatic carbocycles. The van der Waals surface area contributed by atoms with Crippen LogP contribution in [0.15, 0.2) is 58.4 Å². The molecule has 0 aromatic heterocycles. The van der Waals surface area contributed by atoms with Gasteiger partial charge >= 0.3 is 6.18 Å². The van der Waals surface area contributed by atoms with Crippen LogP contribution in [0, 0.1) is 0 Å². The van der Waals surface area contributed by atoms with E-state index in [2.05, 4.69) is 4.99 Å².